The number of carbonyl (C=O) groups is 1. The fourth-order valence-electron chi connectivity index (χ4n) is 2.33. The minimum atomic E-state index is -3.00. The van der Waals surface area contributed by atoms with Crippen molar-refractivity contribution < 1.29 is 13.2 Å². The number of aryl methyl sites for hydroxylation is 1. The summed E-state index contributed by atoms with van der Waals surface area (Å²) in [7, 11) is -3.00. The molecule has 0 bridgehead atoms. The van der Waals surface area contributed by atoms with E-state index in [0.717, 1.165) is 11.3 Å². The van der Waals surface area contributed by atoms with Crippen LogP contribution in [-0.4, -0.2) is 43.9 Å². The number of sulfone groups is 1. The SMILES string of the molecule is Cc1ccc(NC(=O)N2CCC(S(C)(=O)=O)CC2)cc1. The first kappa shape index (κ1) is 14.8. The number of carbonyl (C=O) groups excluding carboxylic acids is 1. The second-order valence-electron chi connectivity index (χ2n) is 5.31. The minimum Gasteiger partial charge on any atom is -0.324 e. The molecule has 5 nitrogen and oxygen atoms in total. The highest BCUT2D eigenvalue weighted by Crippen LogP contribution is 2.18. The molecule has 1 aromatic rings. The Bertz CT molecular complexity index is 573. The Morgan fingerprint density at radius 3 is 2.25 bits per heavy atom. The maximum atomic E-state index is 12.1. The van der Waals surface area contributed by atoms with Crippen LogP contribution >= 0.6 is 0 Å². The van der Waals surface area contributed by atoms with Crippen LogP contribution in [0.2, 0.25) is 0 Å². The highest BCUT2D eigenvalue weighted by molar-refractivity contribution is 7.91. The molecule has 1 fully saturated rings. The molecular weight excluding hydrogens is 276 g/mol. The van der Waals surface area contributed by atoms with Gasteiger partial charge in [0.05, 0.1) is 5.25 Å². The third kappa shape index (κ3) is 3.72. The molecule has 0 saturated carbocycles. The van der Waals surface area contributed by atoms with Crippen molar-refractivity contribution in [3.05, 3.63) is 29.8 Å². The van der Waals surface area contributed by atoms with Crippen molar-refractivity contribution in [2.45, 2.75) is 25.0 Å². The van der Waals surface area contributed by atoms with Crippen LogP contribution < -0.4 is 5.32 Å². The van der Waals surface area contributed by atoms with Crippen LogP contribution in [0.15, 0.2) is 24.3 Å². The van der Waals surface area contributed by atoms with E-state index in [9.17, 15) is 13.2 Å². The Balaban J connectivity index is 1.90. The van der Waals surface area contributed by atoms with Crippen molar-refractivity contribution in [2.75, 3.05) is 24.7 Å². The Hall–Kier alpha value is -1.56. The van der Waals surface area contributed by atoms with Gasteiger partial charge in [-0.05, 0) is 31.9 Å². The van der Waals surface area contributed by atoms with Crippen LogP contribution in [0, 0.1) is 6.92 Å². The Kier molecular flexibility index (Phi) is 4.32. The molecule has 20 heavy (non-hydrogen) atoms. The number of hydrogen-bond donors (Lipinski definition) is 1. The highest BCUT2D eigenvalue weighted by atomic mass is 32.2. The lowest BCUT2D eigenvalue weighted by Crippen LogP contribution is -2.44. The lowest BCUT2D eigenvalue weighted by molar-refractivity contribution is 0.200. The normalized spacial score (nSPS) is 17.0. The molecule has 1 aliphatic heterocycles. The summed E-state index contributed by atoms with van der Waals surface area (Å²) in [5, 5.41) is 2.52. The molecule has 1 saturated heterocycles. The van der Waals surface area contributed by atoms with Gasteiger partial charge in [-0.3, -0.25) is 0 Å². The molecule has 2 rings (SSSR count). The molecule has 1 heterocycles. The summed E-state index contributed by atoms with van der Waals surface area (Å²) in [5.41, 5.74) is 1.89. The van der Waals surface area contributed by atoms with Crippen molar-refractivity contribution in [1.29, 1.82) is 0 Å². The van der Waals surface area contributed by atoms with Crippen molar-refractivity contribution in [3.63, 3.8) is 0 Å². The molecule has 6 heteroatoms. The van der Waals surface area contributed by atoms with Gasteiger partial charge in [-0.1, -0.05) is 17.7 Å². The molecule has 0 spiro atoms. The largest absolute Gasteiger partial charge is 0.324 e. The molecule has 1 aromatic carbocycles. The number of rotatable bonds is 2. The fraction of sp³-hybridized carbons (Fsp3) is 0.500. The van der Waals surface area contributed by atoms with Crippen molar-refractivity contribution >= 4 is 21.6 Å². The first-order chi connectivity index (χ1) is 9.36. The number of nitrogens with zero attached hydrogens (tertiary/aromatic N) is 1. The van der Waals surface area contributed by atoms with E-state index >= 15 is 0 Å². The summed E-state index contributed by atoms with van der Waals surface area (Å²) in [6.45, 7) is 2.95. The third-order valence-electron chi connectivity index (χ3n) is 3.64. The van der Waals surface area contributed by atoms with Gasteiger partial charge in [0.2, 0.25) is 0 Å². The first-order valence-electron chi connectivity index (χ1n) is 6.68. The second-order valence-corrected chi connectivity index (χ2v) is 7.64. The smallest absolute Gasteiger partial charge is 0.321 e. The molecule has 1 N–H and O–H groups in total. The van der Waals surface area contributed by atoms with Crippen LogP contribution in [0.5, 0.6) is 0 Å². The molecular formula is C14H20N2O3S. The van der Waals surface area contributed by atoms with E-state index in [0.29, 0.717) is 25.9 Å². The zero-order chi connectivity index (χ0) is 14.8. The van der Waals surface area contributed by atoms with Crippen LogP contribution in [0.1, 0.15) is 18.4 Å². The number of piperidine rings is 1. The Morgan fingerprint density at radius 1 is 1.20 bits per heavy atom. The van der Waals surface area contributed by atoms with Gasteiger partial charge < -0.3 is 10.2 Å². The number of likely N-dealkylation sites (tertiary alicyclic amines) is 1. The van der Waals surface area contributed by atoms with Crippen molar-refractivity contribution in [3.8, 4) is 0 Å². The molecule has 0 aromatic heterocycles. The molecule has 0 aliphatic carbocycles. The van der Waals surface area contributed by atoms with E-state index in [2.05, 4.69) is 5.32 Å². The molecule has 2 amide bonds. The monoisotopic (exact) mass is 296 g/mol. The number of amides is 2. The van der Waals surface area contributed by atoms with Crippen LogP contribution in [0.3, 0.4) is 0 Å². The minimum absolute atomic E-state index is 0.166. The Labute approximate surface area is 119 Å². The molecule has 1 aliphatic rings. The van der Waals surface area contributed by atoms with E-state index in [1.807, 2.05) is 31.2 Å². The first-order valence-corrected chi connectivity index (χ1v) is 8.63. The van der Waals surface area contributed by atoms with Crippen molar-refractivity contribution in [2.24, 2.45) is 0 Å². The topological polar surface area (TPSA) is 66.5 Å². The lowest BCUT2D eigenvalue weighted by Gasteiger charge is -2.31. The van der Waals surface area contributed by atoms with Gasteiger partial charge in [0.25, 0.3) is 0 Å². The number of nitrogens with one attached hydrogen (secondary N) is 1. The van der Waals surface area contributed by atoms with Gasteiger partial charge in [-0.15, -0.1) is 0 Å². The standard InChI is InChI=1S/C14H20N2O3S/c1-11-3-5-12(6-4-11)15-14(17)16-9-7-13(8-10-16)20(2,18)19/h3-6,13H,7-10H2,1-2H3,(H,15,17). The number of urea groups is 1. The molecule has 0 atom stereocenters. The summed E-state index contributed by atoms with van der Waals surface area (Å²) in [4.78, 5) is 13.7. The summed E-state index contributed by atoms with van der Waals surface area (Å²) < 4.78 is 22.9. The van der Waals surface area contributed by atoms with Crippen LogP contribution in [0.4, 0.5) is 10.5 Å². The van der Waals surface area contributed by atoms with Crippen LogP contribution in [0.25, 0.3) is 0 Å². The van der Waals surface area contributed by atoms with E-state index in [4.69, 9.17) is 0 Å². The maximum Gasteiger partial charge on any atom is 0.321 e. The molecule has 0 unspecified atom stereocenters. The number of anilines is 1. The Morgan fingerprint density at radius 2 is 1.75 bits per heavy atom. The number of benzene rings is 1. The van der Waals surface area contributed by atoms with Crippen LogP contribution in [-0.2, 0) is 9.84 Å². The number of hydrogen-bond acceptors (Lipinski definition) is 3. The fourth-order valence-corrected chi connectivity index (χ4v) is 3.39. The van der Waals surface area contributed by atoms with Gasteiger partial charge in [-0.25, -0.2) is 13.2 Å². The predicted octanol–water partition coefficient (Wildman–Crippen LogP) is 2.04. The average Bonchev–Trinajstić information content (AvgIpc) is 2.40. The highest BCUT2D eigenvalue weighted by Gasteiger charge is 2.28. The van der Waals surface area contributed by atoms with E-state index < -0.39 is 9.84 Å². The summed E-state index contributed by atoms with van der Waals surface area (Å²) >= 11 is 0. The van der Waals surface area contributed by atoms with Crippen molar-refractivity contribution in [1.82, 2.24) is 4.90 Å². The maximum absolute atomic E-state index is 12.1. The van der Waals surface area contributed by atoms with Gasteiger partial charge in [-0.2, -0.15) is 0 Å². The average molecular weight is 296 g/mol. The van der Waals surface area contributed by atoms with E-state index in [1.54, 1.807) is 4.90 Å². The molecule has 0 radical (unpaired) electrons. The van der Waals surface area contributed by atoms with E-state index in [1.165, 1.54) is 6.26 Å². The second kappa shape index (κ2) is 5.83. The summed E-state index contributed by atoms with van der Waals surface area (Å²) in [5.74, 6) is 0. The zero-order valence-electron chi connectivity index (χ0n) is 11.8. The predicted molar refractivity (Wildman–Crippen MR) is 79.6 cm³/mol. The zero-order valence-corrected chi connectivity index (χ0v) is 12.6. The van der Waals surface area contributed by atoms with E-state index in [-0.39, 0.29) is 11.3 Å². The van der Waals surface area contributed by atoms with Gasteiger partial charge in [0, 0.05) is 25.0 Å². The molecule has 110 valence electrons. The quantitative estimate of drug-likeness (QED) is 0.908. The van der Waals surface area contributed by atoms with Gasteiger partial charge in [0.15, 0.2) is 0 Å². The lowest BCUT2D eigenvalue weighted by atomic mass is 10.1. The summed E-state index contributed by atoms with van der Waals surface area (Å²) in [6.07, 6.45) is 2.29. The van der Waals surface area contributed by atoms with Gasteiger partial charge >= 0.3 is 6.03 Å². The summed E-state index contributed by atoms with van der Waals surface area (Å²) in [6, 6.07) is 7.42. The van der Waals surface area contributed by atoms with Gasteiger partial charge in [0.1, 0.15) is 9.84 Å². The third-order valence-corrected chi connectivity index (χ3v) is 5.32.